The molecule has 0 aromatic rings. The Labute approximate surface area is 99.5 Å². The van der Waals surface area contributed by atoms with Crippen molar-refractivity contribution >= 4 is 0 Å². The van der Waals surface area contributed by atoms with Gasteiger partial charge in [-0.05, 0) is 51.2 Å². The van der Waals surface area contributed by atoms with Gasteiger partial charge in [-0.1, -0.05) is 6.92 Å². The van der Waals surface area contributed by atoms with Crippen LogP contribution in [-0.2, 0) is 4.74 Å². The number of ether oxygens (including phenoxy) is 1. The minimum Gasteiger partial charge on any atom is -0.381 e. The van der Waals surface area contributed by atoms with Crippen LogP contribution in [0, 0.1) is 5.92 Å². The summed E-state index contributed by atoms with van der Waals surface area (Å²) in [6, 6.07) is 0.794. The van der Waals surface area contributed by atoms with Crippen molar-refractivity contribution in [3.05, 3.63) is 0 Å². The van der Waals surface area contributed by atoms with Gasteiger partial charge in [0.2, 0.25) is 0 Å². The van der Waals surface area contributed by atoms with E-state index in [2.05, 4.69) is 17.1 Å². The van der Waals surface area contributed by atoms with Crippen molar-refractivity contribution in [1.29, 1.82) is 0 Å². The van der Waals surface area contributed by atoms with E-state index in [-0.39, 0.29) is 0 Å². The van der Waals surface area contributed by atoms with Gasteiger partial charge in [-0.2, -0.15) is 0 Å². The molecule has 0 radical (unpaired) electrons. The van der Waals surface area contributed by atoms with Crippen molar-refractivity contribution < 1.29 is 4.74 Å². The summed E-state index contributed by atoms with van der Waals surface area (Å²) in [5.41, 5.74) is 0. The van der Waals surface area contributed by atoms with Gasteiger partial charge in [0.25, 0.3) is 0 Å². The quantitative estimate of drug-likeness (QED) is 0.742. The number of hydrogen-bond acceptors (Lipinski definition) is 3. The number of nitrogens with zero attached hydrogens (tertiary/aromatic N) is 1. The highest BCUT2D eigenvalue weighted by Crippen LogP contribution is 2.18. The third-order valence-corrected chi connectivity index (χ3v) is 3.91. The van der Waals surface area contributed by atoms with E-state index < -0.39 is 0 Å². The van der Waals surface area contributed by atoms with Gasteiger partial charge in [0.1, 0.15) is 0 Å². The normalized spacial score (nSPS) is 30.4. The Balaban J connectivity index is 1.72. The largest absolute Gasteiger partial charge is 0.381 e. The van der Waals surface area contributed by atoms with Crippen LogP contribution in [-0.4, -0.2) is 50.3 Å². The molecule has 2 atom stereocenters. The van der Waals surface area contributed by atoms with E-state index in [1.54, 1.807) is 0 Å². The zero-order valence-electron chi connectivity index (χ0n) is 10.6. The first kappa shape index (κ1) is 12.3. The molecular formula is C13H26N2O. The Kier molecular flexibility index (Phi) is 5.07. The SMILES string of the molecule is CCCN(CCC1CCOC1)C1CCNC1. The molecule has 0 bridgehead atoms. The molecule has 2 unspecified atom stereocenters. The number of hydrogen-bond donors (Lipinski definition) is 1. The highest BCUT2D eigenvalue weighted by molar-refractivity contribution is 4.81. The van der Waals surface area contributed by atoms with Crippen LogP contribution < -0.4 is 5.32 Å². The highest BCUT2D eigenvalue weighted by Gasteiger charge is 2.23. The topological polar surface area (TPSA) is 24.5 Å². The molecule has 0 saturated carbocycles. The predicted octanol–water partition coefficient (Wildman–Crippen LogP) is 1.49. The maximum atomic E-state index is 5.44. The van der Waals surface area contributed by atoms with E-state index in [4.69, 9.17) is 4.74 Å². The molecule has 3 nitrogen and oxygen atoms in total. The van der Waals surface area contributed by atoms with Crippen LogP contribution in [0.1, 0.15) is 32.6 Å². The number of rotatable bonds is 6. The molecule has 16 heavy (non-hydrogen) atoms. The third kappa shape index (κ3) is 3.44. The monoisotopic (exact) mass is 226 g/mol. The van der Waals surface area contributed by atoms with E-state index in [0.717, 1.165) is 25.2 Å². The minimum atomic E-state index is 0.794. The van der Waals surface area contributed by atoms with Crippen LogP contribution in [0.15, 0.2) is 0 Å². The molecule has 94 valence electrons. The van der Waals surface area contributed by atoms with Gasteiger partial charge in [0.05, 0.1) is 0 Å². The zero-order valence-corrected chi connectivity index (χ0v) is 10.6. The first-order valence-electron chi connectivity index (χ1n) is 6.92. The Morgan fingerprint density at radius 2 is 2.25 bits per heavy atom. The van der Waals surface area contributed by atoms with Crippen molar-refractivity contribution in [3.63, 3.8) is 0 Å². The Morgan fingerprint density at radius 1 is 1.31 bits per heavy atom. The third-order valence-electron chi connectivity index (χ3n) is 3.91. The van der Waals surface area contributed by atoms with Gasteiger partial charge in [-0.15, -0.1) is 0 Å². The first-order valence-corrected chi connectivity index (χ1v) is 6.92. The Bertz CT molecular complexity index is 186. The molecule has 2 aliphatic rings. The summed E-state index contributed by atoms with van der Waals surface area (Å²) in [5, 5.41) is 3.47. The van der Waals surface area contributed by atoms with Crippen molar-refractivity contribution in [2.45, 2.75) is 38.6 Å². The summed E-state index contributed by atoms with van der Waals surface area (Å²) in [5.74, 6) is 0.828. The van der Waals surface area contributed by atoms with Crippen molar-refractivity contribution in [1.82, 2.24) is 10.2 Å². The van der Waals surface area contributed by atoms with E-state index in [9.17, 15) is 0 Å². The molecule has 0 spiro atoms. The summed E-state index contributed by atoms with van der Waals surface area (Å²) < 4.78 is 5.44. The van der Waals surface area contributed by atoms with Gasteiger partial charge >= 0.3 is 0 Å². The predicted molar refractivity (Wildman–Crippen MR) is 66.7 cm³/mol. The van der Waals surface area contributed by atoms with Crippen molar-refractivity contribution in [2.75, 3.05) is 39.4 Å². The van der Waals surface area contributed by atoms with Gasteiger partial charge in [-0.3, -0.25) is 4.90 Å². The van der Waals surface area contributed by atoms with Crippen LogP contribution in [0.3, 0.4) is 0 Å². The van der Waals surface area contributed by atoms with Crippen LogP contribution in [0.2, 0.25) is 0 Å². The summed E-state index contributed by atoms with van der Waals surface area (Å²) >= 11 is 0. The molecule has 2 fully saturated rings. The standard InChI is InChI=1S/C13H26N2O/c1-2-7-15(13-3-6-14-10-13)8-4-12-5-9-16-11-12/h12-14H,2-11H2,1H3. The summed E-state index contributed by atoms with van der Waals surface area (Å²) in [7, 11) is 0. The maximum Gasteiger partial charge on any atom is 0.0495 e. The van der Waals surface area contributed by atoms with E-state index in [0.29, 0.717) is 0 Å². The maximum absolute atomic E-state index is 5.44. The molecule has 2 rings (SSSR count). The second-order valence-electron chi connectivity index (χ2n) is 5.20. The molecule has 0 aromatic carbocycles. The smallest absolute Gasteiger partial charge is 0.0495 e. The van der Waals surface area contributed by atoms with Gasteiger partial charge < -0.3 is 10.1 Å². The number of nitrogens with one attached hydrogen (secondary N) is 1. The zero-order chi connectivity index (χ0) is 11.2. The van der Waals surface area contributed by atoms with Crippen LogP contribution in [0.25, 0.3) is 0 Å². The second-order valence-corrected chi connectivity index (χ2v) is 5.20. The van der Waals surface area contributed by atoms with Crippen LogP contribution in [0.4, 0.5) is 0 Å². The van der Waals surface area contributed by atoms with E-state index >= 15 is 0 Å². The van der Waals surface area contributed by atoms with Gasteiger partial charge in [0.15, 0.2) is 0 Å². The van der Waals surface area contributed by atoms with Crippen LogP contribution in [0.5, 0.6) is 0 Å². The first-order chi connectivity index (χ1) is 7.90. The van der Waals surface area contributed by atoms with E-state index in [1.165, 1.54) is 51.9 Å². The minimum absolute atomic E-state index is 0.794. The lowest BCUT2D eigenvalue weighted by atomic mass is 10.0. The summed E-state index contributed by atoms with van der Waals surface area (Å²) in [6.07, 6.45) is 5.22. The summed E-state index contributed by atoms with van der Waals surface area (Å²) in [4.78, 5) is 2.69. The average Bonchev–Trinajstić information content (AvgIpc) is 2.96. The Hall–Kier alpha value is -0.120. The van der Waals surface area contributed by atoms with E-state index in [1.807, 2.05) is 0 Å². The average molecular weight is 226 g/mol. The lowest BCUT2D eigenvalue weighted by Crippen LogP contribution is -2.38. The fourth-order valence-electron chi connectivity index (χ4n) is 2.87. The molecule has 2 heterocycles. The van der Waals surface area contributed by atoms with Gasteiger partial charge in [-0.25, -0.2) is 0 Å². The van der Waals surface area contributed by atoms with Crippen molar-refractivity contribution in [3.8, 4) is 0 Å². The van der Waals surface area contributed by atoms with Gasteiger partial charge in [0, 0.05) is 25.8 Å². The van der Waals surface area contributed by atoms with Crippen molar-refractivity contribution in [2.24, 2.45) is 5.92 Å². The molecule has 0 amide bonds. The fraction of sp³-hybridized carbons (Fsp3) is 1.00. The molecule has 0 aromatic heterocycles. The molecule has 3 heteroatoms. The summed E-state index contributed by atoms with van der Waals surface area (Å²) in [6.45, 7) is 9.22. The fourth-order valence-corrected chi connectivity index (χ4v) is 2.87. The molecule has 0 aliphatic carbocycles. The molecule has 2 saturated heterocycles. The lowest BCUT2D eigenvalue weighted by molar-refractivity contribution is 0.167. The molecule has 2 aliphatic heterocycles. The van der Waals surface area contributed by atoms with Crippen LogP contribution >= 0.6 is 0 Å². The second kappa shape index (κ2) is 6.58. The highest BCUT2D eigenvalue weighted by atomic mass is 16.5. The Morgan fingerprint density at radius 3 is 2.88 bits per heavy atom. The lowest BCUT2D eigenvalue weighted by Gasteiger charge is -2.28. The molecule has 1 N–H and O–H groups in total. The molecular weight excluding hydrogens is 200 g/mol.